The molecular formula is C28H28FN3O6S. The number of anilines is 1. The SMILES string of the molecule is CCOC(=O)CN(C(=O)OC(C)(C)C)c1ccc(-c2cn(S(=O)(=O)c3ccccc3)c3cc(F)ccc23)cn1. The first-order chi connectivity index (χ1) is 18.4. The zero-order valence-electron chi connectivity index (χ0n) is 21.9. The summed E-state index contributed by atoms with van der Waals surface area (Å²) in [7, 11) is -4.03. The molecule has 39 heavy (non-hydrogen) atoms. The Balaban J connectivity index is 1.77. The van der Waals surface area contributed by atoms with Crippen molar-refractivity contribution in [2.24, 2.45) is 0 Å². The highest BCUT2D eigenvalue weighted by atomic mass is 32.2. The average Bonchev–Trinajstić information content (AvgIpc) is 3.26. The summed E-state index contributed by atoms with van der Waals surface area (Å²) < 4.78 is 52.5. The van der Waals surface area contributed by atoms with Crippen LogP contribution in [0, 0.1) is 5.82 Å². The van der Waals surface area contributed by atoms with Crippen LogP contribution in [-0.2, 0) is 24.3 Å². The Labute approximate surface area is 225 Å². The molecule has 9 nitrogen and oxygen atoms in total. The first kappa shape index (κ1) is 27.8. The van der Waals surface area contributed by atoms with Crippen molar-refractivity contribution in [3.63, 3.8) is 0 Å². The van der Waals surface area contributed by atoms with E-state index in [1.807, 2.05) is 0 Å². The maximum atomic E-state index is 14.2. The van der Waals surface area contributed by atoms with Gasteiger partial charge in [-0.3, -0.25) is 9.69 Å². The summed E-state index contributed by atoms with van der Waals surface area (Å²) in [4.78, 5) is 30.5. The summed E-state index contributed by atoms with van der Waals surface area (Å²) in [5, 5.41) is 0.487. The van der Waals surface area contributed by atoms with Crippen molar-refractivity contribution in [1.82, 2.24) is 8.96 Å². The fraction of sp³-hybridized carbons (Fsp3) is 0.250. The van der Waals surface area contributed by atoms with Crippen LogP contribution < -0.4 is 4.90 Å². The van der Waals surface area contributed by atoms with E-state index in [4.69, 9.17) is 9.47 Å². The number of pyridine rings is 1. The van der Waals surface area contributed by atoms with Gasteiger partial charge in [0.2, 0.25) is 0 Å². The average molecular weight is 554 g/mol. The molecule has 2 heterocycles. The highest BCUT2D eigenvalue weighted by Crippen LogP contribution is 2.34. The van der Waals surface area contributed by atoms with Crippen LogP contribution in [0.15, 0.2) is 78.0 Å². The number of amides is 1. The summed E-state index contributed by atoms with van der Waals surface area (Å²) in [6.45, 7) is 6.49. The zero-order chi connectivity index (χ0) is 28.4. The van der Waals surface area contributed by atoms with Gasteiger partial charge in [0.05, 0.1) is 17.0 Å². The van der Waals surface area contributed by atoms with Crippen LogP contribution >= 0.6 is 0 Å². The summed E-state index contributed by atoms with van der Waals surface area (Å²) in [6.07, 6.45) is 2.07. The Morgan fingerprint density at radius 2 is 1.77 bits per heavy atom. The number of rotatable bonds is 7. The second-order valence-electron chi connectivity index (χ2n) is 9.59. The summed E-state index contributed by atoms with van der Waals surface area (Å²) in [5.74, 6) is -1.09. The predicted molar refractivity (Wildman–Crippen MR) is 144 cm³/mol. The molecule has 11 heteroatoms. The van der Waals surface area contributed by atoms with E-state index in [-0.39, 0.29) is 22.8 Å². The zero-order valence-corrected chi connectivity index (χ0v) is 22.7. The number of aromatic nitrogens is 2. The van der Waals surface area contributed by atoms with Crippen molar-refractivity contribution in [2.75, 3.05) is 18.1 Å². The second-order valence-corrected chi connectivity index (χ2v) is 11.4. The number of esters is 1. The van der Waals surface area contributed by atoms with Gasteiger partial charge in [-0.2, -0.15) is 0 Å². The van der Waals surface area contributed by atoms with Gasteiger partial charge in [-0.25, -0.2) is 26.6 Å². The molecule has 0 aliphatic heterocycles. The lowest BCUT2D eigenvalue weighted by Crippen LogP contribution is -2.41. The molecule has 0 bridgehead atoms. The van der Waals surface area contributed by atoms with E-state index in [2.05, 4.69) is 4.98 Å². The van der Waals surface area contributed by atoms with Gasteiger partial charge in [-0.05, 0) is 70.2 Å². The predicted octanol–water partition coefficient (Wildman–Crippen LogP) is 5.38. The van der Waals surface area contributed by atoms with Crippen molar-refractivity contribution in [1.29, 1.82) is 0 Å². The van der Waals surface area contributed by atoms with Crippen molar-refractivity contribution in [3.05, 3.63) is 78.9 Å². The van der Waals surface area contributed by atoms with Gasteiger partial charge < -0.3 is 9.47 Å². The fourth-order valence-corrected chi connectivity index (χ4v) is 5.29. The number of carbonyl (C=O) groups is 2. The fourth-order valence-electron chi connectivity index (χ4n) is 3.90. The van der Waals surface area contributed by atoms with Gasteiger partial charge in [-0.1, -0.05) is 18.2 Å². The Morgan fingerprint density at radius 1 is 1.05 bits per heavy atom. The Morgan fingerprint density at radius 3 is 2.38 bits per heavy atom. The number of ether oxygens (including phenoxy) is 2. The van der Waals surface area contributed by atoms with Crippen molar-refractivity contribution in [2.45, 2.75) is 38.2 Å². The van der Waals surface area contributed by atoms with Crippen LogP contribution in [0.1, 0.15) is 27.7 Å². The second kappa shape index (κ2) is 10.9. The molecule has 0 atom stereocenters. The normalized spacial score (nSPS) is 11.8. The largest absolute Gasteiger partial charge is 0.465 e. The molecule has 0 radical (unpaired) electrons. The lowest BCUT2D eigenvalue weighted by Gasteiger charge is -2.26. The molecule has 2 aromatic heterocycles. The number of benzene rings is 2. The molecule has 0 N–H and O–H groups in total. The maximum absolute atomic E-state index is 14.2. The van der Waals surface area contributed by atoms with Gasteiger partial charge in [0, 0.05) is 28.9 Å². The van der Waals surface area contributed by atoms with Gasteiger partial charge in [-0.15, -0.1) is 0 Å². The Hall–Kier alpha value is -4.25. The number of hydrogen-bond acceptors (Lipinski definition) is 7. The van der Waals surface area contributed by atoms with Crippen LogP contribution in [0.3, 0.4) is 0 Å². The van der Waals surface area contributed by atoms with E-state index < -0.39 is 40.0 Å². The molecule has 0 unspecified atom stereocenters. The molecule has 0 spiro atoms. The monoisotopic (exact) mass is 553 g/mol. The summed E-state index contributed by atoms with van der Waals surface area (Å²) in [5.41, 5.74) is 0.344. The summed E-state index contributed by atoms with van der Waals surface area (Å²) >= 11 is 0. The van der Waals surface area contributed by atoms with E-state index in [9.17, 15) is 22.4 Å². The number of halogens is 1. The molecule has 0 aliphatic carbocycles. The lowest BCUT2D eigenvalue weighted by atomic mass is 10.1. The van der Waals surface area contributed by atoms with Gasteiger partial charge in [0.15, 0.2) is 0 Å². The number of carbonyl (C=O) groups excluding carboxylic acids is 2. The van der Waals surface area contributed by atoms with Gasteiger partial charge in [0.1, 0.15) is 23.8 Å². The van der Waals surface area contributed by atoms with Crippen LogP contribution in [0.5, 0.6) is 0 Å². The third-order valence-corrected chi connectivity index (χ3v) is 7.26. The minimum Gasteiger partial charge on any atom is -0.465 e. The van der Waals surface area contributed by atoms with Crippen molar-refractivity contribution < 1.29 is 31.9 Å². The Kier molecular flexibility index (Phi) is 7.73. The topological polar surface area (TPSA) is 108 Å². The lowest BCUT2D eigenvalue weighted by molar-refractivity contribution is -0.141. The molecule has 1 amide bonds. The molecule has 0 aliphatic rings. The standard InChI is InChI=1S/C28H28FN3O6S/c1-5-37-26(33)18-31(27(34)38-28(2,3)4)25-14-11-19(16-30-25)23-17-32(24-15-20(29)12-13-22(23)24)39(35,36)21-9-7-6-8-10-21/h6-17H,5,18H2,1-4H3. The third-order valence-electron chi connectivity index (χ3n) is 5.58. The molecule has 0 fully saturated rings. The molecule has 204 valence electrons. The minimum absolute atomic E-state index is 0.0538. The van der Waals surface area contributed by atoms with Crippen LogP contribution in [0.25, 0.3) is 22.0 Å². The van der Waals surface area contributed by atoms with Crippen LogP contribution in [0.4, 0.5) is 15.0 Å². The highest BCUT2D eigenvalue weighted by molar-refractivity contribution is 7.90. The van der Waals surface area contributed by atoms with E-state index >= 15 is 0 Å². The quantitative estimate of drug-likeness (QED) is 0.283. The molecule has 0 saturated heterocycles. The number of nitrogens with zero attached hydrogens (tertiary/aromatic N) is 3. The van der Waals surface area contributed by atoms with Gasteiger partial charge >= 0.3 is 12.1 Å². The minimum atomic E-state index is -4.03. The van der Waals surface area contributed by atoms with Crippen LogP contribution in [-0.4, -0.2) is 48.2 Å². The number of hydrogen-bond donors (Lipinski definition) is 0. The summed E-state index contributed by atoms with van der Waals surface area (Å²) in [6, 6.07) is 14.9. The van der Waals surface area contributed by atoms with E-state index in [1.165, 1.54) is 42.7 Å². The third kappa shape index (κ3) is 6.09. The first-order valence-electron chi connectivity index (χ1n) is 12.1. The smallest absolute Gasteiger partial charge is 0.416 e. The highest BCUT2D eigenvalue weighted by Gasteiger charge is 2.27. The molecule has 4 aromatic rings. The Bertz CT molecular complexity index is 1610. The molecular weight excluding hydrogens is 525 g/mol. The number of fused-ring (bicyclic) bond motifs is 1. The van der Waals surface area contributed by atoms with Crippen molar-refractivity contribution >= 4 is 38.8 Å². The first-order valence-corrected chi connectivity index (χ1v) is 13.6. The van der Waals surface area contributed by atoms with E-state index in [0.29, 0.717) is 16.5 Å². The van der Waals surface area contributed by atoms with E-state index in [0.717, 1.165) is 14.9 Å². The molecule has 4 rings (SSSR count). The molecule has 2 aromatic carbocycles. The maximum Gasteiger partial charge on any atom is 0.416 e. The van der Waals surface area contributed by atoms with Crippen molar-refractivity contribution in [3.8, 4) is 11.1 Å². The van der Waals surface area contributed by atoms with Gasteiger partial charge in [0.25, 0.3) is 10.0 Å². The molecule has 0 saturated carbocycles. The van der Waals surface area contributed by atoms with Crippen LogP contribution in [0.2, 0.25) is 0 Å². The van der Waals surface area contributed by atoms with E-state index in [1.54, 1.807) is 52.0 Å².